The molecule has 100 valence electrons. The third-order valence-electron chi connectivity index (χ3n) is 2.48. The molecule has 0 bridgehead atoms. The molecule has 0 spiro atoms. The van der Waals surface area contributed by atoms with Gasteiger partial charge in [0.1, 0.15) is 0 Å². The lowest BCUT2D eigenvalue weighted by atomic mass is 10.1. The van der Waals surface area contributed by atoms with Gasteiger partial charge >= 0.3 is 6.03 Å². The molecule has 0 saturated carbocycles. The minimum Gasteiger partial charge on any atom is -0.387 e. The van der Waals surface area contributed by atoms with Crippen LogP contribution in [0.4, 0.5) is 10.5 Å². The van der Waals surface area contributed by atoms with Gasteiger partial charge in [-0.15, -0.1) is 0 Å². The van der Waals surface area contributed by atoms with Gasteiger partial charge in [0.2, 0.25) is 0 Å². The Bertz CT molecular complexity index is 408. The van der Waals surface area contributed by atoms with Gasteiger partial charge in [0.15, 0.2) is 0 Å². The van der Waals surface area contributed by atoms with E-state index in [1.165, 1.54) is 0 Å². The van der Waals surface area contributed by atoms with E-state index in [9.17, 15) is 9.90 Å². The van der Waals surface area contributed by atoms with E-state index in [0.29, 0.717) is 5.75 Å². The van der Waals surface area contributed by atoms with Crippen LogP contribution < -0.4 is 10.6 Å². The smallest absolute Gasteiger partial charge is 0.319 e. The monoisotopic (exact) mass is 268 g/mol. The van der Waals surface area contributed by atoms with E-state index in [-0.39, 0.29) is 12.6 Å². The van der Waals surface area contributed by atoms with Crippen LogP contribution in [0.25, 0.3) is 0 Å². The van der Waals surface area contributed by atoms with Crippen molar-refractivity contribution in [3.63, 3.8) is 0 Å². The molecule has 3 N–H and O–H groups in total. The number of amides is 2. The topological polar surface area (TPSA) is 61.4 Å². The highest BCUT2D eigenvalue weighted by atomic mass is 32.2. The molecule has 2 amide bonds. The highest BCUT2D eigenvalue weighted by Gasteiger charge is 2.20. The van der Waals surface area contributed by atoms with Gasteiger partial charge < -0.3 is 15.7 Å². The standard InChI is InChI=1S/C13H20N2O2S/c1-10-6-4-5-7-11(10)15-12(16)14-8-13(2,17)9-18-3/h4-7,17H,8-9H2,1-3H3,(H2,14,15,16). The Labute approximate surface area is 112 Å². The van der Waals surface area contributed by atoms with Crippen LogP contribution in [0, 0.1) is 6.92 Å². The fourth-order valence-electron chi connectivity index (χ4n) is 1.51. The van der Waals surface area contributed by atoms with E-state index in [1.54, 1.807) is 18.7 Å². The molecule has 5 heteroatoms. The average molecular weight is 268 g/mol. The number of para-hydroxylation sites is 1. The number of thioether (sulfide) groups is 1. The molecule has 0 aliphatic heterocycles. The molecule has 0 aliphatic carbocycles. The van der Waals surface area contributed by atoms with Gasteiger partial charge in [-0.3, -0.25) is 0 Å². The average Bonchev–Trinajstić information content (AvgIpc) is 2.30. The van der Waals surface area contributed by atoms with Crippen molar-refractivity contribution in [3.05, 3.63) is 29.8 Å². The van der Waals surface area contributed by atoms with Crippen LogP contribution in [0.2, 0.25) is 0 Å². The number of anilines is 1. The van der Waals surface area contributed by atoms with Gasteiger partial charge in [-0.25, -0.2) is 4.79 Å². The Morgan fingerprint density at radius 1 is 1.44 bits per heavy atom. The Hall–Kier alpha value is -1.20. The molecule has 0 aliphatic rings. The lowest BCUT2D eigenvalue weighted by molar-refractivity contribution is 0.0876. The quantitative estimate of drug-likeness (QED) is 0.767. The number of benzene rings is 1. The number of rotatable bonds is 5. The number of aryl methyl sites for hydroxylation is 1. The first-order valence-electron chi connectivity index (χ1n) is 5.76. The summed E-state index contributed by atoms with van der Waals surface area (Å²) in [5.74, 6) is 0.581. The summed E-state index contributed by atoms with van der Waals surface area (Å²) in [6.07, 6.45) is 1.92. The van der Waals surface area contributed by atoms with Gasteiger partial charge in [-0.1, -0.05) is 18.2 Å². The maximum absolute atomic E-state index is 11.7. The summed E-state index contributed by atoms with van der Waals surface area (Å²) in [5, 5.41) is 15.3. The second-order valence-corrected chi connectivity index (χ2v) is 5.42. The maximum atomic E-state index is 11.7. The summed E-state index contributed by atoms with van der Waals surface area (Å²) in [4.78, 5) is 11.7. The molecule has 0 fully saturated rings. The number of nitrogens with one attached hydrogen (secondary N) is 2. The molecule has 1 aromatic carbocycles. The molecule has 1 unspecified atom stereocenters. The minimum absolute atomic E-state index is 0.228. The predicted octanol–water partition coefficient (Wildman–Crippen LogP) is 2.23. The molecule has 0 heterocycles. The van der Waals surface area contributed by atoms with Crippen LogP contribution in [0.5, 0.6) is 0 Å². The number of hydrogen-bond donors (Lipinski definition) is 3. The number of hydrogen-bond acceptors (Lipinski definition) is 3. The second kappa shape index (κ2) is 6.66. The number of carbonyl (C=O) groups excluding carboxylic acids is 1. The second-order valence-electron chi connectivity index (χ2n) is 4.55. The third-order valence-corrected chi connectivity index (χ3v) is 3.39. The van der Waals surface area contributed by atoms with Gasteiger partial charge in [0.05, 0.1) is 5.60 Å². The molecule has 1 aromatic rings. The normalized spacial score (nSPS) is 13.8. The lowest BCUT2D eigenvalue weighted by Gasteiger charge is -2.22. The summed E-state index contributed by atoms with van der Waals surface area (Å²) in [6, 6.07) is 7.26. The zero-order valence-electron chi connectivity index (χ0n) is 11.0. The Kier molecular flexibility index (Phi) is 5.50. The van der Waals surface area contributed by atoms with Crippen molar-refractivity contribution in [2.24, 2.45) is 0 Å². The molecule has 18 heavy (non-hydrogen) atoms. The van der Waals surface area contributed by atoms with E-state index in [4.69, 9.17) is 0 Å². The molecule has 0 radical (unpaired) electrons. The Morgan fingerprint density at radius 3 is 2.72 bits per heavy atom. The van der Waals surface area contributed by atoms with E-state index in [0.717, 1.165) is 11.3 Å². The van der Waals surface area contributed by atoms with Crippen molar-refractivity contribution in [1.82, 2.24) is 5.32 Å². The largest absolute Gasteiger partial charge is 0.387 e. The first-order valence-corrected chi connectivity index (χ1v) is 7.16. The van der Waals surface area contributed by atoms with Crippen LogP contribution >= 0.6 is 11.8 Å². The molecule has 4 nitrogen and oxygen atoms in total. The number of carbonyl (C=O) groups is 1. The molecule has 1 atom stereocenters. The van der Waals surface area contributed by atoms with E-state index in [1.807, 2.05) is 37.4 Å². The predicted molar refractivity (Wildman–Crippen MR) is 77.2 cm³/mol. The van der Waals surface area contributed by atoms with Crippen molar-refractivity contribution in [3.8, 4) is 0 Å². The van der Waals surface area contributed by atoms with Crippen molar-refractivity contribution >= 4 is 23.5 Å². The van der Waals surface area contributed by atoms with Gasteiger partial charge in [0.25, 0.3) is 0 Å². The summed E-state index contributed by atoms with van der Waals surface area (Å²) in [5.41, 5.74) is 0.894. The van der Waals surface area contributed by atoms with Crippen LogP contribution in [0.1, 0.15) is 12.5 Å². The zero-order valence-corrected chi connectivity index (χ0v) is 11.8. The first kappa shape index (κ1) is 14.9. The lowest BCUT2D eigenvalue weighted by Crippen LogP contribution is -2.44. The minimum atomic E-state index is -0.886. The van der Waals surface area contributed by atoms with Crippen LogP contribution in [0.15, 0.2) is 24.3 Å². The maximum Gasteiger partial charge on any atom is 0.319 e. The van der Waals surface area contributed by atoms with Crippen molar-refractivity contribution in [1.29, 1.82) is 0 Å². The van der Waals surface area contributed by atoms with Crippen LogP contribution in [-0.4, -0.2) is 35.3 Å². The zero-order chi connectivity index (χ0) is 13.6. The third kappa shape index (κ3) is 4.98. The van der Waals surface area contributed by atoms with E-state index in [2.05, 4.69) is 10.6 Å². The van der Waals surface area contributed by atoms with Crippen LogP contribution in [-0.2, 0) is 0 Å². The summed E-state index contributed by atoms with van der Waals surface area (Å²) >= 11 is 1.54. The highest BCUT2D eigenvalue weighted by molar-refractivity contribution is 7.98. The first-order chi connectivity index (χ1) is 8.44. The molecular formula is C13H20N2O2S. The molecule has 0 aromatic heterocycles. The fraction of sp³-hybridized carbons (Fsp3) is 0.462. The summed E-state index contributed by atoms with van der Waals surface area (Å²) < 4.78 is 0. The SMILES string of the molecule is CSCC(C)(O)CNC(=O)Nc1ccccc1C. The highest BCUT2D eigenvalue weighted by Crippen LogP contribution is 2.13. The number of urea groups is 1. The summed E-state index contributed by atoms with van der Waals surface area (Å²) in [6.45, 7) is 3.86. The molecule has 0 saturated heterocycles. The van der Waals surface area contributed by atoms with E-state index < -0.39 is 5.60 Å². The Morgan fingerprint density at radius 2 is 2.11 bits per heavy atom. The van der Waals surface area contributed by atoms with Gasteiger partial charge in [0, 0.05) is 18.0 Å². The van der Waals surface area contributed by atoms with Crippen molar-refractivity contribution in [2.45, 2.75) is 19.4 Å². The molecular weight excluding hydrogens is 248 g/mol. The Balaban J connectivity index is 2.46. The van der Waals surface area contributed by atoms with Crippen LogP contribution in [0.3, 0.4) is 0 Å². The summed E-state index contributed by atoms with van der Waals surface area (Å²) in [7, 11) is 0. The fourth-order valence-corrected chi connectivity index (χ4v) is 2.24. The molecule has 1 rings (SSSR count). The van der Waals surface area contributed by atoms with Gasteiger partial charge in [-0.05, 0) is 31.7 Å². The van der Waals surface area contributed by atoms with E-state index >= 15 is 0 Å². The van der Waals surface area contributed by atoms with Crippen molar-refractivity contribution < 1.29 is 9.90 Å². The van der Waals surface area contributed by atoms with Crippen molar-refractivity contribution in [2.75, 3.05) is 23.9 Å². The van der Waals surface area contributed by atoms with Gasteiger partial charge in [-0.2, -0.15) is 11.8 Å². The number of aliphatic hydroxyl groups is 1.